The summed E-state index contributed by atoms with van der Waals surface area (Å²) in [7, 11) is -3.64. The Bertz CT molecular complexity index is 1120. The van der Waals surface area contributed by atoms with Gasteiger partial charge in [0.2, 0.25) is 10.0 Å². The summed E-state index contributed by atoms with van der Waals surface area (Å²) in [5.74, 6) is -0.488. The lowest BCUT2D eigenvalue weighted by molar-refractivity contribution is 0.0955. The molecule has 0 atom stereocenters. The van der Waals surface area contributed by atoms with E-state index >= 15 is 0 Å². The molecule has 0 spiro atoms. The minimum atomic E-state index is -3.64. The first-order chi connectivity index (χ1) is 14.5. The van der Waals surface area contributed by atoms with Crippen LogP contribution < -0.4 is 5.43 Å². The molecule has 0 aliphatic carbocycles. The standard InChI is InChI=1S/C21H23N5O3S/c1-3-26(4-2)30(28,29)20-7-5-6-18(14-20)21(27)24-23-15-17-8-10-19(11-9-17)25-13-12-22-16-25/h5-16H,3-4H2,1-2H3,(H,24,27)/b23-15+. The number of carbonyl (C=O) groups excluding carboxylic acids is 1. The fraction of sp³-hybridized carbons (Fsp3) is 0.190. The Morgan fingerprint density at radius 1 is 1.17 bits per heavy atom. The molecule has 2 aromatic carbocycles. The Morgan fingerprint density at radius 2 is 1.90 bits per heavy atom. The van der Waals surface area contributed by atoms with E-state index in [1.165, 1.54) is 22.7 Å². The van der Waals surface area contributed by atoms with Gasteiger partial charge in [-0.1, -0.05) is 32.0 Å². The molecule has 1 N–H and O–H groups in total. The number of imidazole rings is 1. The number of hydrogen-bond donors (Lipinski definition) is 1. The summed E-state index contributed by atoms with van der Waals surface area (Å²) < 4.78 is 28.5. The van der Waals surface area contributed by atoms with Crippen LogP contribution in [0.4, 0.5) is 0 Å². The van der Waals surface area contributed by atoms with Crippen LogP contribution in [-0.4, -0.2) is 47.5 Å². The van der Waals surface area contributed by atoms with Gasteiger partial charge in [-0.05, 0) is 35.9 Å². The third kappa shape index (κ3) is 4.81. The number of amides is 1. The van der Waals surface area contributed by atoms with Crippen LogP contribution in [-0.2, 0) is 10.0 Å². The first-order valence-corrected chi connectivity index (χ1v) is 10.9. The molecule has 0 radical (unpaired) electrons. The summed E-state index contributed by atoms with van der Waals surface area (Å²) in [6.45, 7) is 4.26. The molecule has 1 heterocycles. The molecule has 156 valence electrons. The first kappa shape index (κ1) is 21.4. The molecule has 0 aliphatic heterocycles. The van der Waals surface area contributed by atoms with E-state index in [1.807, 2.05) is 35.0 Å². The van der Waals surface area contributed by atoms with E-state index in [2.05, 4.69) is 15.5 Å². The number of nitrogens with one attached hydrogen (secondary N) is 1. The molecule has 0 saturated heterocycles. The molecule has 1 amide bonds. The Hall–Kier alpha value is -3.30. The van der Waals surface area contributed by atoms with Crippen LogP contribution in [0.15, 0.2) is 77.2 Å². The van der Waals surface area contributed by atoms with E-state index in [0.717, 1.165) is 11.3 Å². The predicted octanol–water partition coefficient (Wildman–Crippen LogP) is 2.67. The SMILES string of the molecule is CCN(CC)S(=O)(=O)c1cccc(C(=O)N/N=C/c2ccc(-n3ccnc3)cc2)c1. The number of rotatable bonds is 8. The second-order valence-corrected chi connectivity index (χ2v) is 8.32. The van der Waals surface area contributed by atoms with Gasteiger partial charge in [0.25, 0.3) is 5.91 Å². The van der Waals surface area contributed by atoms with Crippen LogP contribution in [0.5, 0.6) is 0 Å². The monoisotopic (exact) mass is 425 g/mol. The van der Waals surface area contributed by atoms with E-state index in [-0.39, 0.29) is 10.5 Å². The summed E-state index contributed by atoms with van der Waals surface area (Å²) >= 11 is 0. The van der Waals surface area contributed by atoms with Crippen LogP contribution in [0, 0.1) is 0 Å². The highest BCUT2D eigenvalue weighted by molar-refractivity contribution is 7.89. The number of benzene rings is 2. The Labute approximate surface area is 175 Å². The summed E-state index contributed by atoms with van der Waals surface area (Å²) in [4.78, 5) is 16.5. The zero-order valence-electron chi connectivity index (χ0n) is 16.8. The normalized spacial score (nSPS) is 11.8. The molecule has 9 heteroatoms. The van der Waals surface area contributed by atoms with Gasteiger partial charge in [-0.3, -0.25) is 4.79 Å². The summed E-state index contributed by atoms with van der Waals surface area (Å²) in [5.41, 5.74) is 4.41. The molecule has 30 heavy (non-hydrogen) atoms. The average molecular weight is 426 g/mol. The molecular formula is C21H23N5O3S. The summed E-state index contributed by atoms with van der Waals surface area (Å²) in [5, 5.41) is 3.97. The minimum absolute atomic E-state index is 0.0814. The number of hydrogen-bond acceptors (Lipinski definition) is 5. The Balaban J connectivity index is 1.68. The molecule has 0 bridgehead atoms. The van der Waals surface area contributed by atoms with Crippen molar-refractivity contribution >= 4 is 22.1 Å². The zero-order chi connectivity index (χ0) is 21.6. The highest BCUT2D eigenvalue weighted by Crippen LogP contribution is 2.17. The van der Waals surface area contributed by atoms with Crippen molar-refractivity contribution in [1.29, 1.82) is 0 Å². The van der Waals surface area contributed by atoms with Gasteiger partial charge in [0.05, 0.1) is 17.4 Å². The summed E-state index contributed by atoms with van der Waals surface area (Å²) in [6, 6.07) is 13.5. The van der Waals surface area contributed by atoms with Gasteiger partial charge < -0.3 is 4.57 Å². The largest absolute Gasteiger partial charge is 0.306 e. The van der Waals surface area contributed by atoms with Crippen molar-refractivity contribution in [2.75, 3.05) is 13.1 Å². The van der Waals surface area contributed by atoms with Crippen molar-refractivity contribution in [3.8, 4) is 5.69 Å². The van der Waals surface area contributed by atoms with Gasteiger partial charge in [-0.15, -0.1) is 0 Å². The van der Waals surface area contributed by atoms with E-state index < -0.39 is 15.9 Å². The van der Waals surface area contributed by atoms with Crippen LogP contribution in [0.25, 0.3) is 5.69 Å². The molecule has 0 saturated carbocycles. The van der Waals surface area contributed by atoms with Gasteiger partial charge in [0, 0.05) is 36.7 Å². The van der Waals surface area contributed by atoms with Crippen molar-refractivity contribution in [1.82, 2.24) is 19.3 Å². The minimum Gasteiger partial charge on any atom is -0.306 e. The molecular weight excluding hydrogens is 402 g/mol. The lowest BCUT2D eigenvalue weighted by Crippen LogP contribution is -2.30. The van der Waals surface area contributed by atoms with Crippen molar-refractivity contribution in [3.63, 3.8) is 0 Å². The first-order valence-electron chi connectivity index (χ1n) is 9.47. The van der Waals surface area contributed by atoms with E-state index in [0.29, 0.717) is 13.1 Å². The van der Waals surface area contributed by atoms with Crippen molar-refractivity contribution in [2.45, 2.75) is 18.7 Å². The number of nitrogens with zero attached hydrogens (tertiary/aromatic N) is 4. The number of aromatic nitrogens is 2. The Kier molecular flexibility index (Phi) is 6.76. The van der Waals surface area contributed by atoms with E-state index in [9.17, 15) is 13.2 Å². The van der Waals surface area contributed by atoms with Crippen LogP contribution in [0.2, 0.25) is 0 Å². The zero-order valence-corrected chi connectivity index (χ0v) is 17.6. The predicted molar refractivity (Wildman–Crippen MR) is 115 cm³/mol. The number of sulfonamides is 1. The smallest absolute Gasteiger partial charge is 0.271 e. The van der Waals surface area contributed by atoms with Gasteiger partial charge in [0.15, 0.2) is 0 Å². The summed E-state index contributed by atoms with van der Waals surface area (Å²) in [6.07, 6.45) is 6.77. The van der Waals surface area contributed by atoms with E-state index in [1.54, 1.807) is 38.5 Å². The molecule has 0 aliphatic rings. The van der Waals surface area contributed by atoms with Gasteiger partial charge in [-0.2, -0.15) is 9.41 Å². The average Bonchev–Trinajstić information content (AvgIpc) is 3.30. The van der Waals surface area contributed by atoms with E-state index in [4.69, 9.17) is 0 Å². The lowest BCUT2D eigenvalue weighted by atomic mass is 10.2. The highest BCUT2D eigenvalue weighted by atomic mass is 32.2. The molecule has 8 nitrogen and oxygen atoms in total. The van der Waals surface area contributed by atoms with Gasteiger partial charge in [-0.25, -0.2) is 18.8 Å². The number of hydrazone groups is 1. The van der Waals surface area contributed by atoms with Crippen LogP contribution in [0.1, 0.15) is 29.8 Å². The quantitative estimate of drug-likeness (QED) is 0.443. The highest BCUT2D eigenvalue weighted by Gasteiger charge is 2.22. The molecule has 1 aromatic heterocycles. The second-order valence-electron chi connectivity index (χ2n) is 6.38. The lowest BCUT2D eigenvalue weighted by Gasteiger charge is -2.18. The number of carbonyl (C=O) groups is 1. The molecule has 3 rings (SSSR count). The van der Waals surface area contributed by atoms with Crippen LogP contribution >= 0.6 is 0 Å². The second kappa shape index (κ2) is 9.47. The maximum absolute atomic E-state index is 12.6. The van der Waals surface area contributed by atoms with Crippen LogP contribution in [0.3, 0.4) is 0 Å². The fourth-order valence-electron chi connectivity index (χ4n) is 2.88. The molecule has 3 aromatic rings. The molecule has 0 fully saturated rings. The van der Waals surface area contributed by atoms with Crippen molar-refractivity contribution in [3.05, 3.63) is 78.4 Å². The fourth-order valence-corrected chi connectivity index (χ4v) is 4.39. The third-order valence-electron chi connectivity index (χ3n) is 4.51. The van der Waals surface area contributed by atoms with Gasteiger partial charge >= 0.3 is 0 Å². The van der Waals surface area contributed by atoms with Crippen molar-refractivity contribution < 1.29 is 13.2 Å². The Morgan fingerprint density at radius 3 is 2.53 bits per heavy atom. The maximum atomic E-state index is 12.6. The van der Waals surface area contributed by atoms with Gasteiger partial charge in [0.1, 0.15) is 0 Å². The van der Waals surface area contributed by atoms with Crippen molar-refractivity contribution in [2.24, 2.45) is 5.10 Å². The third-order valence-corrected chi connectivity index (χ3v) is 6.56. The topological polar surface area (TPSA) is 96.7 Å². The maximum Gasteiger partial charge on any atom is 0.271 e. The molecule has 0 unspecified atom stereocenters.